The molecule has 0 N–H and O–H groups in total. The van der Waals surface area contributed by atoms with E-state index in [0.29, 0.717) is 11.7 Å². The van der Waals surface area contributed by atoms with Gasteiger partial charge in [-0.1, -0.05) is 13.3 Å². The molecule has 0 spiro atoms. The quantitative estimate of drug-likeness (QED) is 0.464. The molecular weight excluding hydrogens is 270 g/mol. The van der Waals surface area contributed by atoms with E-state index in [1.54, 1.807) is 6.07 Å². The van der Waals surface area contributed by atoms with Crippen molar-refractivity contribution in [3.63, 3.8) is 0 Å². The summed E-state index contributed by atoms with van der Waals surface area (Å²) in [5.74, 6) is 0.758. The van der Waals surface area contributed by atoms with Gasteiger partial charge in [0.15, 0.2) is 5.78 Å². The van der Waals surface area contributed by atoms with Gasteiger partial charge in [-0.15, -0.1) is 0 Å². The summed E-state index contributed by atoms with van der Waals surface area (Å²) in [7, 11) is 0. The summed E-state index contributed by atoms with van der Waals surface area (Å²) >= 11 is 0. The molecule has 1 aromatic rings. The van der Waals surface area contributed by atoms with Gasteiger partial charge in [0, 0.05) is 6.07 Å². The van der Waals surface area contributed by atoms with Gasteiger partial charge in [-0.25, -0.2) is 0 Å². The van der Waals surface area contributed by atoms with Crippen LogP contribution in [0.5, 0.6) is 5.75 Å². The van der Waals surface area contributed by atoms with E-state index in [1.807, 2.05) is 0 Å². The molecule has 1 fully saturated rings. The van der Waals surface area contributed by atoms with Crippen LogP contribution in [-0.4, -0.2) is 16.8 Å². The molecule has 0 aromatic heterocycles. The van der Waals surface area contributed by atoms with Crippen LogP contribution < -0.4 is 4.74 Å². The molecule has 0 heterocycles. The fourth-order valence-electron chi connectivity index (χ4n) is 3.00. The van der Waals surface area contributed by atoms with Crippen molar-refractivity contribution < 1.29 is 14.5 Å². The third-order valence-corrected chi connectivity index (χ3v) is 4.20. The van der Waals surface area contributed by atoms with Crippen LogP contribution >= 0.6 is 0 Å². The molecule has 114 valence electrons. The summed E-state index contributed by atoms with van der Waals surface area (Å²) in [5.41, 5.74) is -0.0492. The molecule has 2 unspecified atom stereocenters. The highest BCUT2D eigenvalue weighted by Gasteiger charge is 2.26. The number of hydrogen-bond donors (Lipinski definition) is 0. The zero-order valence-electron chi connectivity index (χ0n) is 12.5. The van der Waals surface area contributed by atoms with Crippen molar-refractivity contribution in [2.75, 3.05) is 0 Å². The fraction of sp³-hybridized carbons (Fsp3) is 0.562. The smallest absolute Gasteiger partial charge is 0.280 e. The lowest BCUT2D eigenvalue weighted by molar-refractivity contribution is -0.385. The van der Waals surface area contributed by atoms with Gasteiger partial charge < -0.3 is 4.74 Å². The lowest BCUT2D eigenvalue weighted by atomic mass is 9.85. The summed E-state index contributed by atoms with van der Waals surface area (Å²) in [5, 5.41) is 10.9. The normalized spacial score (nSPS) is 21.8. The van der Waals surface area contributed by atoms with E-state index in [2.05, 4.69) is 6.92 Å². The highest BCUT2D eigenvalue weighted by molar-refractivity contribution is 5.98. The molecule has 2 atom stereocenters. The first-order chi connectivity index (χ1) is 10.0. The second-order valence-electron chi connectivity index (χ2n) is 5.60. The van der Waals surface area contributed by atoms with Crippen molar-refractivity contribution in [2.45, 2.75) is 52.1 Å². The maximum atomic E-state index is 11.6. The fourth-order valence-corrected chi connectivity index (χ4v) is 3.00. The Kier molecular flexibility index (Phi) is 4.94. The Bertz CT molecular complexity index is 541. The van der Waals surface area contributed by atoms with E-state index < -0.39 is 4.92 Å². The van der Waals surface area contributed by atoms with Crippen LogP contribution in [0.1, 0.15) is 56.3 Å². The molecule has 0 radical (unpaired) electrons. The Balaban J connectivity index is 2.22. The van der Waals surface area contributed by atoms with Gasteiger partial charge in [-0.05, 0) is 50.7 Å². The monoisotopic (exact) mass is 291 g/mol. The van der Waals surface area contributed by atoms with Gasteiger partial charge in [0.1, 0.15) is 11.9 Å². The van der Waals surface area contributed by atoms with Gasteiger partial charge in [-0.2, -0.15) is 0 Å². The first-order valence-corrected chi connectivity index (χ1v) is 7.49. The molecule has 1 aromatic carbocycles. The highest BCUT2D eigenvalue weighted by atomic mass is 16.6. The molecule has 1 aliphatic carbocycles. The molecule has 1 saturated carbocycles. The SMILES string of the molecule is CCC1CCCCC1Oc1ccc([N+](=O)[O-])c(C(C)=O)c1. The minimum absolute atomic E-state index is 0.112. The van der Waals surface area contributed by atoms with Gasteiger partial charge in [0.05, 0.1) is 10.5 Å². The molecule has 5 heteroatoms. The van der Waals surface area contributed by atoms with Gasteiger partial charge in [0.25, 0.3) is 5.69 Å². The summed E-state index contributed by atoms with van der Waals surface area (Å²) in [6, 6.07) is 4.45. The molecule has 0 aliphatic heterocycles. The summed E-state index contributed by atoms with van der Waals surface area (Å²) < 4.78 is 6.01. The Morgan fingerprint density at radius 2 is 2.10 bits per heavy atom. The van der Waals surface area contributed by atoms with Crippen LogP contribution in [-0.2, 0) is 0 Å². The van der Waals surface area contributed by atoms with Crippen LogP contribution in [0.3, 0.4) is 0 Å². The van der Waals surface area contributed by atoms with Crippen LogP contribution in [0.15, 0.2) is 18.2 Å². The maximum absolute atomic E-state index is 11.6. The van der Waals surface area contributed by atoms with Crippen molar-refractivity contribution >= 4 is 11.5 Å². The Morgan fingerprint density at radius 3 is 2.71 bits per heavy atom. The lowest BCUT2D eigenvalue weighted by Gasteiger charge is -2.31. The molecule has 21 heavy (non-hydrogen) atoms. The van der Waals surface area contributed by atoms with Crippen molar-refractivity contribution in [2.24, 2.45) is 5.92 Å². The number of nitro groups is 1. The second-order valence-corrected chi connectivity index (χ2v) is 5.60. The van der Waals surface area contributed by atoms with Crippen molar-refractivity contribution in [1.82, 2.24) is 0 Å². The minimum Gasteiger partial charge on any atom is -0.490 e. The average molecular weight is 291 g/mol. The van der Waals surface area contributed by atoms with E-state index in [4.69, 9.17) is 4.74 Å². The minimum atomic E-state index is -0.532. The molecule has 0 amide bonds. The summed E-state index contributed by atoms with van der Waals surface area (Å²) in [6.45, 7) is 3.49. The lowest BCUT2D eigenvalue weighted by Crippen LogP contribution is -2.29. The van der Waals surface area contributed by atoms with E-state index in [1.165, 1.54) is 25.5 Å². The zero-order chi connectivity index (χ0) is 15.4. The van der Waals surface area contributed by atoms with E-state index >= 15 is 0 Å². The standard InChI is InChI=1S/C16H21NO4/c1-3-12-6-4-5-7-16(12)21-13-8-9-15(17(19)20)14(10-13)11(2)18/h8-10,12,16H,3-7H2,1-2H3. The predicted octanol–water partition coefficient (Wildman–Crippen LogP) is 4.15. The molecule has 1 aliphatic rings. The number of ether oxygens (including phenoxy) is 1. The summed E-state index contributed by atoms with van der Waals surface area (Å²) in [4.78, 5) is 22.0. The number of nitro benzene ring substituents is 1. The predicted molar refractivity (Wildman–Crippen MR) is 79.8 cm³/mol. The van der Waals surface area contributed by atoms with E-state index in [0.717, 1.165) is 25.7 Å². The number of carbonyl (C=O) groups excluding carboxylic acids is 1. The Hall–Kier alpha value is -1.91. The van der Waals surface area contributed by atoms with Gasteiger partial charge in [-0.3, -0.25) is 14.9 Å². The number of hydrogen-bond acceptors (Lipinski definition) is 4. The molecule has 2 rings (SSSR count). The number of benzene rings is 1. The van der Waals surface area contributed by atoms with E-state index in [-0.39, 0.29) is 23.1 Å². The number of nitrogens with zero attached hydrogens (tertiary/aromatic N) is 1. The highest BCUT2D eigenvalue weighted by Crippen LogP contribution is 2.32. The Morgan fingerprint density at radius 1 is 1.38 bits per heavy atom. The number of rotatable bonds is 5. The first-order valence-electron chi connectivity index (χ1n) is 7.49. The molecule has 0 saturated heterocycles. The third kappa shape index (κ3) is 3.60. The number of Topliss-reactive ketones (excluding diaryl/α,β-unsaturated/α-hetero) is 1. The van der Waals surface area contributed by atoms with Crippen LogP contribution in [0.25, 0.3) is 0 Å². The largest absolute Gasteiger partial charge is 0.490 e. The van der Waals surface area contributed by atoms with Gasteiger partial charge >= 0.3 is 0 Å². The van der Waals surface area contributed by atoms with Crippen LogP contribution in [0, 0.1) is 16.0 Å². The third-order valence-electron chi connectivity index (χ3n) is 4.20. The first kappa shape index (κ1) is 15.5. The second kappa shape index (κ2) is 6.70. The van der Waals surface area contributed by atoms with Crippen LogP contribution in [0.4, 0.5) is 5.69 Å². The summed E-state index contributed by atoms with van der Waals surface area (Å²) in [6.07, 6.45) is 5.76. The zero-order valence-corrected chi connectivity index (χ0v) is 12.5. The number of ketones is 1. The molecule has 5 nitrogen and oxygen atoms in total. The topological polar surface area (TPSA) is 69.4 Å². The van der Waals surface area contributed by atoms with Crippen molar-refractivity contribution in [3.05, 3.63) is 33.9 Å². The van der Waals surface area contributed by atoms with Gasteiger partial charge in [0.2, 0.25) is 0 Å². The van der Waals surface area contributed by atoms with Crippen molar-refractivity contribution in [3.8, 4) is 5.75 Å². The Labute approximate surface area is 124 Å². The maximum Gasteiger partial charge on any atom is 0.280 e. The van der Waals surface area contributed by atoms with Crippen molar-refractivity contribution in [1.29, 1.82) is 0 Å². The average Bonchev–Trinajstić information content (AvgIpc) is 2.47. The van der Waals surface area contributed by atoms with E-state index in [9.17, 15) is 14.9 Å². The number of carbonyl (C=O) groups is 1. The molecule has 0 bridgehead atoms. The van der Waals surface area contributed by atoms with Crippen LogP contribution in [0.2, 0.25) is 0 Å². The molecular formula is C16H21NO4.